The first-order chi connectivity index (χ1) is 13.3. The molecule has 0 aliphatic rings. The number of ether oxygens (including phenoxy) is 1. The Bertz CT molecular complexity index is 1080. The molecule has 0 saturated heterocycles. The van der Waals surface area contributed by atoms with Crippen LogP contribution in [0.5, 0.6) is 5.75 Å². The lowest BCUT2D eigenvalue weighted by molar-refractivity contribution is 0.0658. The molecule has 2 heterocycles. The molecule has 0 saturated carbocycles. The van der Waals surface area contributed by atoms with E-state index in [2.05, 4.69) is 5.32 Å². The van der Waals surface area contributed by atoms with E-state index in [1.165, 1.54) is 24.3 Å². The van der Waals surface area contributed by atoms with Gasteiger partial charge in [-0.3, -0.25) is 4.79 Å². The zero-order valence-corrected chi connectivity index (χ0v) is 15.4. The van der Waals surface area contributed by atoms with E-state index in [4.69, 9.17) is 18.7 Å². The van der Waals surface area contributed by atoms with Gasteiger partial charge < -0.3 is 24.0 Å². The summed E-state index contributed by atoms with van der Waals surface area (Å²) in [5.74, 6) is -0.802. The summed E-state index contributed by atoms with van der Waals surface area (Å²) in [6.07, 6.45) is 0. The predicted octanol–water partition coefficient (Wildman–Crippen LogP) is 3.05. The molecule has 3 aromatic rings. The number of amides is 1. The van der Waals surface area contributed by atoms with E-state index in [1.54, 1.807) is 12.1 Å². The third kappa shape index (κ3) is 4.40. The van der Waals surface area contributed by atoms with Gasteiger partial charge in [0.05, 0.1) is 0 Å². The van der Waals surface area contributed by atoms with Crippen LogP contribution in [-0.2, 0) is 6.61 Å². The van der Waals surface area contributed by atoms with Crippen molar-refractivity contribution in [2.75, 3.05) is 6.54 Å². The van der Waals surface area contributed by atoms with Crippen molar-refractivity contribution < 1.29 is 28.3 Å². The number of rotatable bonds is 7. The third-order valence-corrected chi connectivity index (χ3v) is 3.88. The lowest BCUT2D eigenvalue weighted by Crippen LogP contribution is -2.31. The zero-order valence-electron chi connectivity index (χ0n) is 15.4. The highest BCUT2D eigenvalue weighted by Gasteiger charge is 2.14. The van der Waals surface area contributed by atoms with Gasteiger partial charge in [-0.15, -0.1) is 0 Å². The van der Waals surface area contributed by atoms with Gasteiger partial charge in [0.15, 0.2) is 0 Å². The zero-order chi connectivity index (χ0) is 20.3. The number of aromatic carboxylic acids is 1. The fourth-order valence-electron chi connectivity index (χ4n) is 2.46. The summed E-state index contributed by atoms with van der Waals surface area (Å²) in [5, 5.41) is 12.1. The van der Waals surface area contributed by atoms with Gasteiger partial charge in [-0.2, -0.15) is 0 Å². The van der Waals surface area contributed by atoms with E-state index in [9.17, 15) is 14.4 Å². The minimum absolute atomic E-state index is 0.0126. The number of furan rings is 1. The second-order valence-corrected chi connectivity index (χ2v) is 6.61. The maximum absolute atomic E-state index is 12.1. The van der Waals surface area contributed by atoms with Crippen LogP contribution in [0.15, 0.2) is 50.0 Å². The normalized spacial score (nSPS) is 11.0. The summed E-state index contributed by atoms with van der Waals surface area (Å²) in [5.41, 5.74) is -0.518. The molecule has 0 atom stereocenters. The molecule has 0 aliphatic carbocycles. The van der Waals surface area contributed by atoms with Gasteiger partial charge in [0.2, 0.25) is 5.76 Å². The average Bonchev–Trinajstić information content (AvgIpc) is 3.13. The number of nitrogens with one attached hydrogen (secondary N) is 1. The second-order valence-electron chi connectivity index (χ2n) is 6.61. The van der Waals surface area contributed by atoms with Gasteiger partial charge in [0, 0.05) is 18.0 Å². The molecule has 0 spiro atoms. The Morgan fingerprint density at radius 2 is 1.93 bits per heavy atom. The van der Waals surface area contributed by atoms with Crippen molar-refractivity contribution in [3.63, 3.8) is 0 Å². The number of carboxylic acids is 1. The lowest BCUT2D eigenvalue weighted by atomic mass is 10.1. The van der Waals surface area contributed by atoms with Crippen LogP contribution >= 0.6 is 0 Å². The lowest BCUT2D eigenvalue weighted by Gasteiger charge is -2.08. The van der Waals surface area contributed by atoms with Crippen LogP contribution in [0.4, 0.5) is 0 Å². The minimum atomic E-state index is -1.16. The molecular formula is C20H19NO7. The SMILES string of the molecule is CC(C)CNC(=O)c1cc2ccc(OCc3ccc(C(=O)O)o3)cc2oc1=O. The number of hydrogen-bond acceptors (Lipinski definition) is 6. The second kappa shape index (κ2) is 7.99. The Hall–Kier alpha value is -3.55. The number of fused-ring (bicyclic) bond motifs is 1. The van der Waals surface area contributed by atoms with Crippen LogP contribution in [0.2, 0.25) is 0 Å². The quantitative estimate of drug-likeness (QED) is 0.600. The number of carboxylic acid groups (broad SMARTS) is 1. The van der Waals surface area contributed by atoms with Gasteiger partial charge >= 0.3 is 11.6 Å². The average molecular weight is 385 g/mol. The van der Waals surface area contributed by atoms with E-state index in [1.807, 2.05) is 13.8 Å². The predicted molar refractivity (Wildman–Crippen MR) is 99.7 cm³/mol. The molecule has 1 amide bonds. The molecule has 0 radical (unpaired) electrons. The molecule has 0 fully saturated rings. The first-order valence-electron chi connectivity index (χ1n) is 8.64. The van der Waals surface area contributed by atoms with Crippen molar-refractivity contribution >= 4 is 22.8 Å². The maximum atomic E-state index is 12.1. The number of hydrogen-bond donors (Lipinski definition) is 2. The number of carbonyl (C=O) groups excluding carboxylic acids is 1. The number of carbonyl (C=O) groups is 2. The largest absolute Gasteiger partial charge is 0.486 e. The first-order valence-corrected chi connectivity index (χ1v) is 8.64. The van der Waals surface area contributed by atoms with E-state index in [-0.39, 0.29) is 29.4 Å². The Morgan fingerprint density at radius 3 is 2.61 bits per heavy atom. The minimum Gasteiger partial charge on any atom is -0.486 e. The van der Waals surface area contributed by atoms with E-state index in [0.717, 1.165) is 0 Å². The smallest absolute Gasteiger partial charge is 0.371 e. The first kappa shape index (κ1) is 19.2. The van der Waals surface area contributed by atoms with Crippen LogP contribution in [0.3, 0.4) is 0 Å². The summed E-state index contributed by atoms with van der Waals surface area (Å²) in [7, 11) is 0. The third-order valence-electron chi connectivity index (χ3n) is 3.88. The van der Waals surface area contributed by atoms with Gasteiger partial charge in [-0.1, -0.05) is 13.8 Å². The van der Waals surface area contributed by atoms with Gasteiger partial charge in [0.1, 0.15) is 29.3 Å². The van der Waals surface area contributed by atoms with Gasteiger partial charge in [-0.05, 0) is 36.2 Å². The highest BCUT2D eigenvalue weighted by molar-refractivity contribution is 5.96. The topological polar surface area (TPSA) is 119 Å². The summed E-state index contributed by atoms with van der Waals surface area (Å²) in [4.78, 5) is 35.1. The van der Waals surface area contributed by atoms with Crippen molar-refractivity contribution in [1.29, 1.82) is 0 Å². The fourth-order valence-corrected chi connectivity index (χ4v) is 2.46. The Balaban J connectivity index is 1.76. The highest BCUT2D eigenvalue weighted by atomic mass is 16.5. The fraction of sp³-hybridized carbons (Fsp3) is 0.250. The molecule has 0 bridgehead atoms. The molecule has 2 aromatic heterocycles. The summed E-state index contributed by atoms with van der Waals surface area (Å²) < 4.78 is 15.9. The highest BCUT2D eigenvalue weighted by Crippen LogP contribution is 2.22. The Labute approximate surface area is 159 Å². The van der Waals surface area contributed by atoms with Crippen LogP contribution in [0, 0.1) is 5.92 Å². The van der Waals surface area contributed by atoms with Crippen LogP contribution in [0.1, 0.15) is 40.5 Å². The Kier molecular flexibility index (Phi) is 5.49. The molecular weight excluding hydrogens is 366 g/mol. The van der Waals surface area contributed by atoms with Crippen molar-refractivity contribution in [2.45, 2.75) is 20.5 Å². The van der Waals surface area contributed by atoms with Crippen LogP contribution in [0.25, 0.3) is 11.0 Å². The monoisotopic (exact) mass is 385 g/mol. The van der Waals surface area contributed by atoms with Crippen molar-refractivity contribution in [3.05, 3.63) is 63.9 Å². The van der Waals surface area contributed by atoms with E-state index >= 15 is 0 Å². The van der Waals surface area contributed by atoms with Crippen molar-refractivity contribution in [2.24, 2.45) is 5.92 Å². The molecule has 0 unspecified atom stereocenters. The molecule has 2 N–H and O–H groups in total. The van der Waals surface area contributed by atoms with Crippen molar-refractivity contribution in [3.8, 4) is 5.75 Å². The van der Waals surface area contributed by atoms with E-state index in [0.29, 0.717) is 23.4 Å². The molecule has 8 nitrogen and oxygen atoms in total. The molecule has 28 heavy (non-hydrogen) atoms. The Morgan fingerprint density at radius 1 is 1.14 bits per heavy atom. The standard InChI is InChI=1S/C20H19NO7/c1-11(2)9-21-18(22)15-7-12-3-4-13(8-17(12)28-20(15)25)26-10-14-5-6-16(27-14)19(23)24/h3-8,11H,9-10H2,1-2H3,(H,21,22)(H,23,24). The van der Waals surface area contributed by atoms with Gasteiger partial charge in [0.25, 0.3) is 5.91 Å². The number of benzene rings is 1. The molecule has 8 heteroatoms. The maximum Gasteiger partial charge on any atom is 0.371 e. The van der Waals surface area contributed by atoms with E-state index < -0.39 is 17.5 Å². The van der Waals surface area contributed by atoms with Gasteiger partial charge in [-0.25, -0.2) is 9.59 Å². The summed E-state index contributed by atoms with van der Waals surface area (Å²) in [6.45, 7) is 4.38. The molecule has 146 valence electrons. The van der Waals surface area contributed by atoms with Crippen LogP contribution < -0.4 is 15.7 Å². The van der Waals surface area contributed by atoms with Crippen molar-refractivity contribution in [1.82, 2.24) is 5.32 Å². The molecule has 0 aliphatic heterocycles. The molecule has 3 rings (SSSR count). The summed E-state index contributed by atoms with van der Waals surface area (Å²) in [6, 6.07) is 9.16. The molecule has 1 aromatic carbocycles. The van der Waals surface area contributed by atoms with Crippen LogP contribution in [-0.4, -0.2) is 23.5 Å². The summed E-state index contributed by atoms with van der Waals surface area (Å²) >= 11 is 0.